The first kappa shape index (κ1) is 19.8. The Morgan fingerprint density at radius 2 is 1.87 bits per heavy atom. The molecule has 0 spiro atoms. The highest BCUT2D eigenvalue weighted by Gasteiger charge is 2.18. The van der Waals surface area contributed by atoms with Crippen molar-refractivity contribution in [2.75, 3.05) is 7.11 Å². The van der Waals surface area contributed by atoms with Crippen molar-refractivity contribution in [1.29, 1.82) is 0 Å². The number of aromatic amines is 1. The van der Waals surface area contributed by atoms with Crippen LogP contribution in [0.3, 0.4) is 0 Å². The number of nitrogens with zero attached hydrogens (tertiary/aromatic N) is 2. The Kier molecular flexibility index (Phi) is 4.81. The molecule has 154 valence electrons. The molecular formula is C22H13Cl2N3O3S. The summed E-state index contributed by atoms with van der Waals surface area (Å²) in [5.74, 6) is 0.454. The van der Waals surface area contributed by atoms with E-state index in [2.05, 4.69) is 9.97 Å². The summed E-state index contributed by atoms with van der Waals surface area (Å²) in [5, 5.41) is 2.41. The zero-order valence-corrected chi connectivity index (χ0v) is 18.3. The second kappa shape index (κ2) is 7.53. The van der Waals surface area contributed by atoms with E-state index in [0.717, 1.165) is 15.3 Å². The van der Waals surface area contributed by atoms with Gasteiger partial charge in [-0.25, -0.2) is 9.36 Å². The highest BCUT2D eigenvalue weighted by molar-refractivity contribution is 7.22. The van der Waals surface area contributed by atoms with E-state index in [-0.39, 0.29) is 0 Å². The van der Waals surface area contributed by atoms with Gasteiger partial charge in [0.05, 0.1) is 34.6 Å². The lowest BCUT2D eigenvalue weighted by molar-refractivity contribution is 0.415. The van der Waals surface area contributed by atoms with Crippen LogP contribution in [0.4, 0.5) is 0 Å². The fourth-order valence-electron chi connectivity index (χ4n) is 3.51. The van der Waals surface area contributed by atoms with Crippen LogP contribution < -0.4 is 16.0 Å². The van der Waals surface area contributed by atoms with Gasteiger partial charge in [0, 0.05) is 33.5 Å². The summed E-state index contributed by atoms with van der Waals surface area (Å²) in [6.07, 6.45) is 3.20. The van der Waals surface area contributed by atoms with Gasteiger partial charge in [-0.15, -0.1) is 11.3 Å². The van der Waals surface area contributed by atoms with E-state index in [4.69, 9.17) is 27.9 Å². The van der Waals surface area contributed by atoms with Gasteiger partial charge >= 0.3 is 5.69 Å². The monoisotopic (exact) mass is 469 g/mol. The lowest BCUT2D eigenvalue weighted by Crippen LogP contribution is -2.33. The molecule has 0 unspecified atom stereocenters. The predicted octanol–water partition coefficient (Wildman–Crippen LogP) is 5.27. The Hall–Kier alpha value is -3.13. The van der Waals surface area contributed by atoms with Crippen LogP contribution in [0.15, 0.2) is 64.4 Å². The molecule has 0 atom stereocenters. The van der Waals surface area contributed by atoms with Crippen LogP contribution in [0.2, 0.25) is 10.0 Å². The molecule has 0 saturated carbocycles. The van der Waals surface area contributed by atoms with Gasteiger partial charge < -0.3 is 9.72 Å². The predicted molar refractivity (Wildman–Crippen MR) is 125 cm³/mol. The number of rotatable bonds is 3. The van der Waals surface area contributed by atoms with E-state index < -0.39 is 11.2 Å². The van der Waals surface area contributed by atoms with E-state index in [9.17, 15) is 9.59 Å². The molecule has 1 N–H and O–H groups in total. The van der Waals surface area contributed by atoms with Gasteiger partial charge in [-0.3, -0.25) is 9.78 Å². The van der Waals surface area contributed by atoms with Gasteiger partial charge in [0.2, 0.25) is 0 Å². The molecule has 6 nitrogen and oxygen atoms in total. The van der Waals surface area contributed by atoms with E-state index in [1.165, 1.54) is 24.6 Å². The molecule has 0 amide bonds. The number of benzene rings is 2. The average molecular weight is 470 g/mol. The summed E-state index contributed by atoms with van der Waals surface area (Å²) in [6.45, 7) is 0. The van der Waals surface area contributed by atoms with Crippen LogP contribution in [0.1, 0.15) is 0 Å². The Morgan fingerprint density at radius 3 is 2.68 bits per heavy atom. The van der Waals surface area contributed by atoms with Crippen molar-refractivity contribution in [1.82, 2.24) is 14.5 Å². The number of aromatic nitrogens is 3. The van der Waals surface area contributed by atoms with Crippen LogP contribution in [0, 0.1) is 0 Å². The molecule has 9 heteroatoms. The largest absolute Gasteiger partial charge is 0.495 e. The van der Waals surface area contributed by atoms with E-state index in [1.807, 2.05) is 24.3 Å². The maximum absolute atomic E-state index is 13.3. The average Bonchev–Trinajstić information content (AvgIpc) is 3.19. The van der Waals surface area contributed by atoms with E-state index >= 15 is 0 Å². The quantitative estimate of drug-likeness (QED) is 0.390. The number of halogens is 2. The lowest BCUT2D eigenvalue weighted by atomic mass is 10.1. The van der Waals surface area contributed by atoms with Crippen molar-refractivity contribution in [2.24, 2.45) is 0 Å². The standard InChI is InChI=1S/C22H13Cl2N3O3S/c1-30-18-7-14(23)13(6-15(18)24)19-8-16-20(31-19)21(28)27(22(29)26-16)17-10-25-9-11-4-2-3-5-12(11)17/h2-10H,1H3,(H,26,29). The van der Waals surface area contributed by atoms with Crippen molar-refractivity contribution in [3.63, 3.8) is 0 Å². The number of fused-ring (bicyclic) bond motifs is 2. The molecule has 0 saturated heterocycles. The maximum atomic E-state index is 13.3. The summed E-state index contributed by atoms with van der Waals surface area (Å²) in [4.78, 5) is 33.9. The number of thiophene rings is 1. The number of hydrogen-bond donors (Lipinski definition) is 1. The first-order valence-corrected chi connectivity index (χ1v) is 10.7. The fourth-order valence-corrected chi connectivity index (χ4v) is 5.14. The number of hydrogen-bond acceptors (Lipinski definition) is 5. The van der Waals surface area contributed by atoms with Gasteiger partial charge in [0.25, 0.3) is 5.56 Å². The first-order valence-electron chi connectivity index (χ1n) is 9.13. The van der Waals surface area contributed by atoms with Crippen molar-refractivity contribution in [2.45, 2.75) is 0 Å². The second-order valence-corrected chi connectivity index (χ2v) is 8.64. The summed E-state index contributed by atoms with van der Waals surface area (Å²) in [6, 6.07) is 12.5. The van der Waals surface area contributed by atoms with Crippen LogP contribution >= 0.6 is 34.5 Å². The second-order valence-electron chi connectivity index (χ2n) is 6.77. The molecule has 0 aliphatic rings. The minimum absolute atomic E-state index is 0.394. The van der Waals surface area contributed by atoms with Gasteiger partial charge in [0.1, 0.15) is 10.4 Å². The summed E-state index contributed by atoms with van der Waals surface area (Å²) >= 11 is 13.9. The summed E-state index contributed by atoms with van der Waals surface area (Å²) in [7, 11) is 1.51. The molecule has 0 fully saturated rings. The molecule has 3 aromatic heterocycles. The van der Waals surface area contributed by atoms with Gasteiger partial charge in [-0.05, 0) is 12.1 Å². The Balaban J connectivity index is 1.76. The van der Waals surface area contributed by atoms with Crippen molar-refractivity contribution >= 4 is 55.5 Å². The topological polar surface area (TPSA) is 77.0 Å². The third-order valence-corrected chi connectivity index (χ3v) is 6.73. The molecular weight excluding hydrogens is 457 g/mol. The first-order chi connectivity index (χ1) is 15.0. The Labute approximate surface area is 189 Å². The minimum atomic E-state index is -0.543. The highest BCUT2D eigenvalue weighted by Crippen LogP contribution is 2.40. The van der Waals surface area contributed by atoms with Crippen LogP contribution in [-0.4, -0.2) is 21.6 Å². The van der Waals surface area contributed by atoms with Gasteiger partial charge in [-0.2, -0.15) is 0 Å². The number of nitrogens with one attached hydrogen (secondary N) is 1. The zero-order chi connectivity index (χ0) is 21.7. The third-order valence-electron chi connectivity index (χ3n) is 4.97. The smallest absolute Gasteiger partial charge is 0.333 e. The Bertz CT molecular complexity index is 1600. The van der Waals surface area contributed by atoms with Crippen molar-refractivity contribution in [3.8, 4) is 21.9 Å². The molecule has 3 heterocycles. The maximum Gasteiger partial charge on any atom is 0.333 e. The zero-order valence-electron chi connectivity index (χ0n) is 16.0. The third kappa shape index (κ3) is 3.22. The fraction of sp³-hybridized carbons (Fsp3) is 0.0455. The molecule has 5 rings (SSSR count). The van der Waals surface area contributed by atoms with Crippen molar-refractivity contribution in [3.05, 3.63) is 85.7 Å². The minimum Gasteiger partial charge on any atom is -0.495 e. The number of pyridine rings is 1. The van der Waals surface area contributed by atoms with Gasteiger partial charge in [0.15, 0.2) is 0 Å². The normalized spacial score (nSPS) is 11.3. The van der Waals surface area contributed by atoms with Gasteiger partial charge in [-0.1, -0.05) is 47.5 Å². The number of methoxy groups -OCH3 is 1. The Morgan fingerprint density at radius 1 is 1.06 bits per heavy atom. The molecule has 0 aliphatic heterocycles. The van der Waals surface area contributed by atoms with Crippen LogP contribution in [0.25, 0.3) is 37.1 Å². The lowest BCUT2D eigenvalue weighted by Gasteiger charge is -2.07. The van der Waals surface area contributed by atoms with E-state index in [1.54, 1.807) is 24.4 Å². The summed E-state index contributed by atoms with van der Waals surface area (Å²) in [5.41, 5.74) is 0.532. The van der Waals surface area contributed by atoms with Crippen molar-refractivity contribution < 1.29 is 4.74 Å². The molecule has 0 radical (unpaired) electrons. The molecule has 5 aromatic rings. The molecule has 0 aliphatic carbocycles. The summed E-state index contributed by atoms with van der Waals surface area (Å²) < 4.78 is 6.70. The molecule has 0 bridgehead atoms. The highest BCUT2D eigenvalue weighted by atomic mass is 35.5. The number of ether oxygens (including phenoxy) is 1. The number of H-pyrrole nitrogens is 1. The van der Waals surface area contributed by atoms with E-state index in [0.29, 0.717) is 42.1 Å². The molecule has 2 aromatic carbocycles. The SMILES string of the molecule is COc1cc(Cl)c(-c2cc3[nH]c(=O)n(-c4cncc5ccccc45)c(=O)c3s2)cc1Cl. The van der Waals surface area contributed by atoms with Crippen LogP contribution in [0.5, 0.6) is 5.75 Å². The molecule has 31 heavy (non-hydrogen) atoms. The van der Waals surface area contributed by atoms with Crippen LogP contribution in [-0.2, 0) is 0 Å².